The van der Waals surface area contributed by atoms with Gasteiger partial charge in [-0.25, -0.2) is 0 Å². The Morgan fingerprint density at radius 1 is 1.12 bits per heavy atom. The lowest BCUT2D eigenvalue weighted by Gasteiger charge is -2.21. The topological polar surface area (TPSA) is 63.6 Å². The van der Waals surface area contributed by atoms with Crippen molar-refractivity contribution in [2.45, 2.75) is 110 Å². The van der Waals surface area contributed by atoms with E-state index in [2.05, 4.69) is 50.9 Å². The highest BCUT2D eigenvalue weighted by molar-refractivity contribution is 6.69. The summed E-state index contributed by atoms with van der Waals surface area (Å²) in [6, 6.07) is 0. The minimum atomic E-state index is -1.46. The third kappa shape index (κ3) is 14.6. The zero-order chi connectivity index (χ0) is 23.8. The second-order valence-corrected chi connectivity index (χ2v) is 14.5. The van der Waals surface area contributed by atoms with E-state index in [0.717, 1.165) is 31.1 Å². The molecule has 1 unspecified atom stereocenters. The van der Waals surface area contributed by atoms with Crippen LogP contribution in [0.15, 0.2) is 36.5 Å². The number of unbranched alkanes of at least 4 members (excludes halogenated alkanes) is 4. The zero-order valence-corrected chi connectivity index (χ0v) is 21.9. The number of hydrogen-bond acceptors (Lipinski definition) is 3. The highest BCUT2D eigenvalue weighted by atomic mass is 28.4. The maximum atomic E-state index is 10.8. The lowest BCUT2D eigenvalue weighted by molar-refractivity contribution is -0.137. The number of carbonyl (C=O) groups is 2. The van der Waals surface area contributed by atoms with Gasteiger partial charge in [-0.2, -0.15) is 0 Å². The Balaban J connectivity index is 0.000000389. The Labute approximate surface area is 197 Å². The van der Waals surface area contributed by atoms with Crippen LogP contribution in [0, 0.1) is 11.8 Å². The van der Waals surface area contributed by atoms with Crippen molar-refractivity contribution in [2.75, 3.05) is 0 Å². The largest absolute Gasteiger partial charge is 0.481 e. The molecule has 1 fully saturated rings. The van der Waals surface area contributed by atoms with Crippen LogP contribution < -0.4 is 0 Å². The predicted octanol–water partition coefficient (Wildman–Crippen LogP) is 7.48. The van der Waals surface area contributed by atoms with Gasteiger partial charge in [-0.15, -0.1) is 0 Å². The molecule has 2 rings (SSSR count). The fraction of sp³-hybridized carbons (Fsp3) is 0.704. The Hall–Kier alpha value is -1.46. The van der Waals surface area contributed by atoms with Gasteiger partial charge in [0.2, 0.25) is 0 Å². The number of hydrogen-bond donors (Lipinski definition) is 1. The molecule has 0 spiro atoms. The van der Waals surface area contributed by atoms with Crippen molar-refractivity contribution in [2.24, 2.45) is 11.8 Å². The number of allylic oxidation sites excluding steroid dienone is 5. The number of carboxylic acid groups (broad SMARTS) is 1. The summed E-state index contributed by atoms with van der Waals surface area (Å²) >= 11 is 0. The van der Waals surface area contributed by atoms with Crippen LogP contribution in [0.3, 0.4) is 0 Å². The highest BCUT2D eigenvalue weighted by Gasteiger charge is 2.24. The maximum absolute atomic E-state index is 10.8. The van der Waals surface area contributed by atoms with Crippen molar-refractivity contribution in [3.8, 4) is 0 Å². The van der Waals surface area contributed by atoms with Crippen LogP contribution in [-0.4, -0.2) is 31.3 Å². The molecule has 0 bridgehead atoms. The predicted molar refractivity (Wildman–Crippen MR) is 136 cm³/mol. The van der Waals surface area contributed by atoms with Crippen molar-refractivity contribution in [1.82, 2.24) is 0 Å². The van der Waals surface area contributed by atoms with Crippen LogP contribution in [0.4, 0.5) is 0 Å². The van der Waals surface area contributed by atoms with Crippen LogP contribution in [0.5, 0.6) is 0 Å². The van der Waals surface area contributed by atoms with Gasteiger partial charge < -0.3 is 9.53 Å². The van der Waals surface area contributed by atoms with E-state index in [1.54, 1.807) is 6.08 Å². The normalized spacial score (nSPS) is 23.2. The fourth-order valence-electron chi connectivity index (χ4n) is 4.24. The lowest BCUT2D eigenvalue weighted by atomic mass is 9.92. The van der Waals surface area contributed by atoms with E-state index in [0.29, 0.717) is 6.42 Å². The Morgan fingerprint density at radius 2 is 1.88 bits per heavy atom. The van der Waals surface area contributed by atoms with E-state index >= 15 is 0 Å². The zero-order valence-electron chi connectivity index (χ0n) is 20.9. The van der Waals surface area contributed by atoms with Gasteiger partial charge in [-0.1, -0.05) is 56.6 Å². The van der Waals surface area contributed by atoms with Gasteiger partial charge in [-0.3, -0.25) is 9.59 Å². The van der Waals surface area contributed by atoms with Crippen molar-refractivity contribution >= 4 is 20.1 Å². The molecular formula is C27H46O4Si. The maximum Gasteiger partial charge on any atom is 0.303 e. The SMILES string of the molecule is CCCCC/C=C/[C@H]1CCC[C@@H]1C/C=C\CCCC(=O)O.C[Si](C)(C)OC1C=CC(=O)C1. The summed E-state index contributed by atoms with van der Waals surface area (Å²) in [7, 11) is -1.46. The molecular weight excluding hydrogens is 416 g/mol. The third-order valence-corrected chi connectivity index (χ3v) is 6.86. The number of carbonyl (C=O) groups excluding carboxylic acids is 1. The molecule has 1 N–H and O–H groups in total. The smallest absolute Gasteiger partial charge is 0.303 e. The molecule has 0 aromatic rings. The van der Waals surface area contributed by atoms with Crippen molar-refractivity contribution < 1.29 is 19.1 Å². The van der Waals surface area contributed by atoms with E-state index in [-0.39, 0.29) is 18.3 Å². The van der Waals surface area contributed by atoms with Crippen LogP contribution in [0.1, 0.15) is 84.0 Å². The summed E-state index contributed by atoms with van der Waals surface area (Å²) in [5, 5.41) is 8.58. The molecule has 3 atom stereocenters. The Bertz CT molecular complexity index is 630. The second-order valence-electron chi connectivity index (χ2n) is 10.1. The molecule has 0 saturated heterocycles. The number of ketones is 1. The molecule has 2 aliphatic rings. The van der Waals surface area contributed by atoms with Gasteiger partial charge in [0.15, 0.2) is 14.1 Å². The second kappa shape index (κ2) is 16.2. The third-order valence-electron chi connectivity index (χ3n) is 5.85. The minimum absolute atomic E-state index is 0.0640. The van der Waals surface area contributed by atoms with Crippen LogP contribution in [0.2, 0.25) is 19.6 Å². The van der Waals surface area contributed by atoms with Gasteiger partial charge in [0.05, 0.1) is 6.10 Å². The van der Waals surface area contributed by atoms with E-state index in [9.17, 15) is 9.59 Å². The monoisotopic (exact) mass is 462 g/mol. The van der Waals surface area contributed by atoms with E-state index in [4.69, 9.17) is 9.53 Å². The van der Waals surface area contributed by atoms with Crippen molar-refractivity contribution in [3.63, 3.8) is 0 Å². The standard InChI is InChI=1S/C19H32O2.C8H14O2Si/c1-2-3-4-5-8-12-17-14-11-15-18(17)13-9-6-7-10-16-19(20)21;1-11(2,3)10-8-5-4-7(9)6-8/h6,8-9,12,17-18H,2-5,7,10-11,13-16H2,1H3,(H,20,21);4-5,8H,6H2,1-3H3/b9-6-,12-8+;/t17-,18-;/m0./s1. The first-order chi connectivity index (χ1) is 15.2. The highest BCUT2D eigenvalue weighted by Crippen LogP contribution is 2.35. The summed E-state index contributed by atoms with van der Waals surface area (Å²) in [6.45, 7) is 8.64. The van der Waals surface area contributed by atoms with E-state index < -0.39 is 14.3 Å². The molecule has 4 nitrogen and oxygen atoms in total. The molecule has 0 aromatic heterocycles. The Morgan fingerprint density at radius 3 is 2.50 bits per heavy atom. The van der Waals surface area contributed by atoms with Gasteiger partial charge in [0.1, 0.15) is 0 Å². The van der Waals surface area contributed by atoms with Crippen LogP contribution >= 0.6 is 0 Å². The van der Waals surface area contributed by atoms with Gasteiger partial charge >= 0.3 is 5.97 Å². The molecule has 0 heterocycles. The summed E-state index contributed by atoms with van der Waals surface area (Å²) in [5.41, 5.74) is 0. The lowest BCUT2D eigenvalue weighted by Crippen LogP contribution is -2.30. The number of aliphatic carboxylic acids is 1. The number of carboxylic acids is 1. The molecule has 0 aliphatic heterocycles. The fourth-order valence-corrected chi connectivity index (χ4v) is 5.31. The summed E-state index contributed by atoms with van der Waals surface area (Å²) in [6.07, 6.45) is 25.8. The molecule has 5 heteroatoms. The van der Waals surface area contributed by atoms with Gasteiger partial charge in [-0.05, 0) is 82.5 Å². The molecule has 2 aliphatic carbocycles. The van der Waals surface area contributed by atoms with E-state index in [1.807, 2.05) is 6.08 Å². The molecule has 0 aromatic carbocycles. The summed E-state index contributed by atoms with van der Waals surface area (Å²) in [4.78, 5) is 21.2. The van der Waals surface area contributed by atoms with Crippen molar-refractivity contribution in [3.05, 3.63) is 36.5 Å². The average molecular weight is 463 g/mol. The van der Waals surface area contributed by atoms with Crippen molar-refractivity contribution in [1.29, 1.82) is 0 Å². The van der Waals surface area contributed by atoms with Gasteiger partial charge in [0, 0.05) is 12.8 Å². The van der Waals surface area contributed by atoms with E-state index in [1.165, 1.54) is 44.9 Å². The first-order valence-corrected chi connectivity index (χ1v) is 16.0. The Kier molecular flexibility index (Phi) is 14.5. The quantitative estimate of drug-likeness (QED) is 0.175. The van der Waals surface area contributed by atoms with Gasteiger partial charge in [0.25, 0.3) is 0 Å². The number of rotatable bonds is 13. The minimum Gasteiger partial charge on any atom is -0.481 e. The average Bonchev–Trinajstić information content (AvgIpc) is 3.32. The molecule has 0 amide bonds. The molecule has 32 heavy (non-hydrogen) atoms. The molecule has 1 saturated carbocycles. The first-order valence-electron chi connectivity index (χ1n) is 12.6. The molecule has 0 radical (unpaired) electrons. The first kappa shape index (κ1) is 28.6. The van der Waals surface area contributed by atoms with Crippen LogP contribution in [-0.2, 0) is 14.0 Å². The summed E-state index contributed by atoms with van der Waals surface area (Å²) in [5.74, 6) is 1.08. The van der Waals surface area contributed by atoms with Crippen LogP contribution in [0.25, 0.3) is 0 Å². The summed E-state index contributed by atoms with van der Waals surface area (Å²) < 4.78 is 5.70. The molecule has 182 valence electrons.